The molecular formula is C20H29N3O2. The third-order valence-corrected chi connectivity index (χ3v) is 5.42. The first kappa shape index (κ1) is 17.9. The SMILES string of the molecule is Cc1cc(CC[C@@H]2CCCN2C(=O)CN2CCCCCC2=O)ccn1. The van der Waals surface area contributed by atoms with E-state index in [2.05, 4.69) is 17.1 Å². The van der Waals surface area contributed by atoms with E-state index < -0.39 is 0 Å². The molecule has 1 aromatic rings. The second kappa shape index (κ2) is 8.45. The van der Waals surface area contributed by atoms with Gasteiger partial charge in [-0.25, -0.2) is 0 Å². The molecule has 0 aliphatic carbocycles. The van der Waals surface area contributed by atoms with E-state index in [1.165, 1.54) is 5.56 Å². The number of carbonyl (C=O) groups excluding carboxylic acids is 2. The van der Waals surface area contributed by atoms with Crippen molar-refractivity contribution in [2.45, 2.75) is 64.3 Å². The topological polar surface area (TPSA) is 53.5 Å². The summed E-state index contributed by atoms with van der Waals surface area (Å²) >= 11 is 0. The van der Waals surface area contributed by atoms with E-state index >= 15 is 0 Å². The molecule has 0 radical (unpaired) electrons. The van der Waals surface area contributed by atoms with Crippen LogP contribution in [-0.4, -0.2) is 52.3 Å². The van der Waals surface area contributed by atoms with Crippen LogP contribution in [0.3, 0.4) is 0 Å². The summed E-state index contributed by atoms with van der Waals surface area (Å²) in [5.41, 5.74) is 2.33. The molecule has 2 aliphatic rings. The standard InChI is InChI=1S/C20H29N3O2/c1-16-14-17(10-11-21-16)8-9-18-6-5-13-23(18)20(25)15-22-12-4-2-3-7-19(22)24/h10-11,14,18H,2-9,12-13,15H2,1H3/t18-/m0/s1. The first-order valence-corrected chi connectivity index (χ1v) is 9.62. The van der Waals surface area contributed by atoms with Crippen molar-refractivity contribution in [2.75, 3.05) is 19.6 Å². The molecule has 1 aromatic heterocycles. The fraction of sp³-hybridized carbons (Fsp3) is 0.650. The maximum absolute atomic E-state index is 12.8. The monoisotopic (exact) mass is 343 g/mol. The van der Waals surface area contributed by atoms with Crippen molar-refractivity contribution in [3.05, 3.63) is 29.6 Å². The molecule has 3 rings (SSSR count). The maximum Gasteiger partial charge on any atom is 0.242 e. The fourth-order valence-corrected chi connectivity index (χ4v) is 4.02. The Morgan fingerprint density at radius 2 is 2.12 bits per heavy atom. The van der Waals surface area contributed by atoms with Crippen LogP contribution in [0.15, 0.2) is 18.3 Å². The van der Waals surface area contributed by atoms with Crippen LogP contribution in [0, 0.1) is 6.92 Å². The number of nitrogens with zero attached hydrogens (tertiary/aromatic N) is 3. The number of aromatic nitrogens is 1. The molecule has 3 heterocycles. The largest absolute Gasteiger partial charge is 0.338 e. The smallest absolute Gasteiger partial charge is 0.242 e. The summed E-state index contributed by atoms with van der Waals surface area (Å²) in [7, 11) is 0. The van der Waals surface area contributed by atoms with Crippen LogP contribution in [0.2, 0.25) is 0 Å². The van der Waals surface area contributed by atoms with Gasteiger partial charge in [0.05, 0.1) is 6.54 Å². The van der Waals surface area contributed by atoms with Crippen molar-refractivity contribution in [2.24, 2.45) is 0 Å². The van der Waals surface area contributed by atoms with Gasteiger partial charge < -0.3 is 9.80 Å². The maximum atomic E-state index is 12.8. The Labute approximate surface area is 150 Å². The fourth-order valence-electron chi connectivity index (χ4n) is 4.02. The molecule has 5 nitrogen and oxygen atoms in total. The van der Waals surface area contributed by atoms with Gasteiger partial charge in [0.25, 0.3) is 0 Å². The van der Waals surface area contributed by atoms with Crippen molar-refractivity contribution in [3.8, 4) is 0 Å². The van der Waals surface area contributed by atoms with Crippen LogP contribution in [0.1, 0.15) is 56.2 Å². The highest BCUT2D eigenvalue weighted by Gasteiger charge is 2.30. The van der Waals surface area contributed by atoms with E-state index in [4.69, 9.17) is 0 Å². The van der Waals surface area contributed by atoms with E-state index in [-0.39, 0.29) is 18.4 Å². The molecule has 2 amide bonds. The highest BCUT2D eigenvalue weighted by molar-refractivity contribution is 5.85. The summed E-state index contributed by atoms with van der Waals surface area (Å²) in [5, 5.41) is 0. The Kier molecular flexibility index (Phi) is 6.05. The van der Waals surface area contributed by atoms with Gasteiger partial charge in [-0.3, -0.25) is 14.6 Å². The molecule has 0 unspecified atom stereocenters. The van der Waals surface area contributed by atoms with Crippen LogP contribution >= 0.6 is 0 Å². The number of hydrogen-bond acceptors (Lipinski definition) is 3. The van der Waals surface area contributed by atoms with E-state index in [1.54, 1.807) is 4.90 Å². The Morgan fingerprint density at radius 3 is 2.96 bits per heavy atom. The lowest BCUT2D eigenvalue weighted by molar-refractivity contribution is -0.140. The number of carbonyl (C=O) groups is 2. The molecule has 2 fully saturated rings. The first-order chi connectivity index (χ1) is 12.1. The molecule has 136 valence electrons. The molecule has 0 saturated carbocycles. The molecule has 25 heavy (non-hydrogen) atoms. The summed E-state index contributed by atoms with van der Waals surface area (Å²) in [6, 6.07) is 4.49. The Hall–Kier alpha value is -1.91. The van der Waals surface area contributed by atoms with Crippen LogP contribution < -0.4 is 0 Å². The zero-order chi connectivity index (χ0) is 17.6. The molecule has 0 N–H and O–H groups in total. The second-order valence-electron chi connectivity index (χ2n) is 7.35. The number of amides is 2. The summed E-state index contributed by atoms with van der Waals surface area (Å²) in [5.74, 6) is 0.275. The highest BCUT2D eigenvalue weighted by atomic mass is 16.2. The number of pyridine rings is 1. The van der Waals surface area contributed by atoms with Crippen molar-refractivity contribution in [1.82, 2.24) is 14.8 Å². The van der Waals surface area contributed by atoms with Gasteiger partial charge in [0.2, 0.25) is 11.8 Å². The van der Waals surface area contributed by atoms with Gasteiger partial charge in [-0.1, -0.05) is 6.42 Å². The minimum atomic E-state index is 0.128. The lowest BCUT2D eigenvalue weighted by atomic mass is 10.0. The summed E-state index contributed by atoms with van der Waals surface area (Å²) < 4.78 is 0. The second-order valence-corrected chi connectivity index (χ2v) is 7.35. The Bertz CT molecular complexity index is 617. The minimum Gasteiger partial charge on any atom is -0.338 e. The van der Waals surface area contributed by atoms with E-state index in [0.29, 0.717) is 12.5 Å². The predicted molar refractivity (Wildman–Crippen MR) is 97.1 cm³/mol. The third kappa shape index (κ3) is 4.80. The summed E-state index contributed by atoms with van der Waals surface area (Å²) in [4.78, 5) is 32.9. The number of aryl methyl sites for hydroxylation is 2. The molecule has 0 bridgehead atoms. The Balaban J connectivity index is 1.55. The molecule has 2 saturated heterocycles. The molecule has 0 spiro atoms. The first-order valence-electron chi connectivity index (χ1n) is 9.62. The lowest BCUT2D eigenvalue weighted by Crippen LogP contribution is -2.44. The lowest BCUT2D eigenvalue weighted by Gasteiger charge is -2.28. The van der Waals surface area contributed by atoms with Gasteiger partial charge in [-0.15, -0.1) is 0 Å². The minimum absolute atomic E-state index is 0.128. The van der Waals surface area contributed by atoms with Gasteiger partial charge >= 0.3 is 0 Å². The van der Waals surface area contributed by atoms with Gasteiger partial charge in [0, 0.05) is 37.4 Å². The molecule has 0 aromatic carbocycles. The number of rotatable bonds is 5. The normalized spacial score (nSPS) is 21.5. The zero-order valence-electron chi connectivity index (χ0n) is 15.2. The molecule has 5 heteroatoms. The van der Waals surface area contributed by atoms with E-state index in [0.717, 1.165) is 63.7 Å². The van der Waals surface area contributed by atoms with Crippen LogP contribution in [-0.2, 0) is 16.0 Å². The summed E-state index contributed by atoms with van der Waals surface area (Å²) in [6.07, 6.45) is 9.62. The third-order valence-electron chi connectivity index (χ3n) is 5.42. The van der Waals surface area contributed by atoms with E-state index in [9.17, 15) is 9.59 Å². The quantitative estimate of drug-likeness (QED) is 0.826. The van der Waals surface area contributed by atoms with Crippen LogP contribution in [0.4, 0.5) is 0 Å². The average Bonchev–Trinajstić information content (AvgIpc) is 2.98. The zero-order valence-corrected chi connectivity index (χ0v) is 15.2. The van der Waals surface area contributed by atoms with Gasteiger partial charge in [-0.2, -0.15) is 0 Å². The van der Waals surface area contributed by atoms with Crippen molar-refractivity contribution >= 4 is 11.8 Å². The molecule has 1 atom stereocenters. The summed E-state index contributed by atoms with van der Waals surface area (Å²) in [6.45, 7) is 3.84. The molecule has 2 aliphatic heterocycles. The Morgan fingerprint density at radius 1 is 1.24 bits per heavy atom. The van der Waals surface area contributed by atoms with Crippen molar-refractivity contribution in [3.63, 3.8) is 0 Å². The highest BCUT2D eigenvalue weighted by Crippen LogP contribution is 2.23. The van der Waals surface area contributed by atoms with Crippen molar-refractivity contribution < 1.29 is 9.59 Å². The average molecular weight is 343 g/mol. The van der Waals surface area contributed by atoms with E-state index in [1.807, 2.05) is 18.0 Å². The van der Waals surface area contributed by atoms with Crippen molar-refractivity contribution in [1.29, 1.82) is 0 Å². The number of likely N-dealkylation sites (tertiary alicyclic amines) is 2. The number of hydrogen-bond donors (Lipinski definition) is 0. The molecular weight excluding hydrogens is 314 g/mol. The van der Waals surface area contributed by atoms with Gasteiger partial charge in [0.1, 0.15) is 0 Å². The van der Waals surface area contributed by atoms with Crippen LogP contribution in [0.25, 0.3) is 0 Å². The van der Waals surface area contributed by atoms with Gasteiger partial charge in [0.15, 0.2) is 0 Å². The van der Waals surface area contributed by atoms with Crippen LogP contribution in [0.5, 0.6) is 0 Å². The predicted octanol–water partition coefficient (Wildman–Crippen LogP) is 2.72. The van der Waals surface area contributed by atoms with Gasteiger partial charge in [-0.05, 0) is 63.1 Å².